The van der Waals surface area contributed by atoms with Crippen LogP contribution in [0, 0.1) is 0 Å². The van der Waals surface area contributed by atoms with Crippen molar-refractivity contribution in [2.24, 2.45) is 0 Å². The van der Waals surface area contributed by atoms with Gasteiger partial charge in [-0.1, -0.05) is 34.8 Å². The second kappa shape index (κ2) is 4.96. The monoisotopic (exact) mass is 293 g/mol. The number of nitrogens with zero attached hydrogens (tertiary/aromatic N) is 2. The number of amides is 1. The Kier molecular flexibility index (Phi) is 3.76. The molecule has 0 radical (unpaired) electrons. The third-order valence-electron chi connectivity index (χ3n) is 2.67. The molecular formula is C10H10Cl3N3O. The topological polar surface area (TPSA) is 54.9 Å². The van der Waals surface area contributed by atoms with E-state index in [9.17, 15) is 4.79 Å². The van der Waals surface area contributed by atoms with E-state index in [1.54, 1.807) is 6.20 Å². The quantitative estimate of drug-likeness (QED) is 0.809. The molecule has 0 spiro atoms. The van der Waals surface area contributed by atoms with Crippen molar-refractivity contribution in [1.29, 1.82) is 0 Å². The average molecular weight is 295 g/mol. The van der Waals surface area contributed by atoms with Gasteiger partial charge in [0.2, 0.25) is 0 Å². The van der Waals surface area contributed by atoms with Crippen molar-refractivity contribution in [2.45, 2.75) is 29.1 Å². The van der Waals surface area contributed by atoms with Crippen LogP contribution in [-0.2, 0) is 11.2 Å². The van der Waals surface area contributed by atoms with E-state index in [0.29, 0.717) is 0 Å². The van der Waals surface area contributed by atoms with Gasteiger partial charge in [-0.3, -0.25) is 4.79 Å². The van der Waals surface area contributed by atoms with Gasteiger partial charge in [0.15, 0.2) is 0 Å². The Hall–Kier alpha value is -0.580. The molecule has 1 aromatic heterocycles. The van der Waals surface area contributed by atoms with E-state index in [1.165, 1.54) is 0 Å². The van der Waals surface area contributed by atoms with E-state index in [2.05, 4.69) is 15.5 Å². The van der Waals surface area contributed by atoms with E-state index in [1.807, 2.05) is 6.07 Å². The zero-order chi connectivity index (χ0) is 12.5. The molecule has 92 valence electrons. The lowest BCUT2D eigenvalue weighted by molar-refractivity contribution is -0.121. The molecule has 7 heteroatoms. The summed E-state index contributed by atoms with van der Waals surface area (Å²) in [5.74, 6) is -0.633. The van der Waals surface area contributed by atoms with Crippen molar-refractivity contribution in [3.8, 4) is 0 Å². The number of hydrogen-bond donors (Lipinski definition) is 1. The third-order valence-corrected chi connectivity index (χ3v) is 3.18. The molecule has 0 aromatic carbocycles. The van der Waals surface area contributed by atoms with Crippen LogP contribution in [0.4, 0.5) is 0 Å². The predicted octanol–water partition coefficient (Wildman–Crippen LogP) is 2.34. The van der Waals surface area contributed by atoms with Gasteiger partial charge in [0.05, 0.1) is 11.7 Å². The molecule has 1 amide bonds. The lowest BCUT2D eigenvalue weighted by Gasteiger charge is -2.25. The maximum atomic E-state index is 11.6. The number of aryl methyl sites for hydroxylation is 1. The van der Waals surface area contributed by atoms with Gasteiger partial charge in [0.25, 0.3) is 9.70 Å². The zero-order valence-corrected chi connectivity index (χ0v) is 11.1. The lowest BCUT2D eigenvalue weighted by Crippen LogP contribution is -2.39. The van der Waals surface area contributed by atoms with Gasteiger partial charge in [-0.25, -0.2) is 0 Å². The fourth-order valence-electron chi connectivity index (χ4n) is 1.89. The van der Waals surface area contributed by atoms with E-state index in [0.717, 1.165) is 30.5 Å². The first-order chi connectivity index (χ1) is 7.98. The van der Waals surface area contributed by atoms with Crippen molar-refractivity contribution in [1.82, 2.24) is 15.5 Å². The van der Waals surface area contributed by atoms with Crippen LogP contribution in [0.25, 0.3) is 0 Å². The van der Waals surface area contributed by atoms with Crippen LogP contribution in [0.15, 0.2) is 12.3 Å². The van der Waals surface area contributed by atoms with Crippen molar-refractivity contribution < 1.29 is 4.79 Å². The summed E-state index contributed by atoms with van der Waals surface area (Å²) in [6.45, 7) is 0. The van der Waals surface area contributed by atoms with Crippen LogP contribution < -0.4 is 5.32 Å². The Morgan fingerprint density at radius 3 is 2.94 bits per heavy atom. The summed E-state index contributed by atoms with van der Waals surface area (Å²) < 4.78 is -1.94. The Balaban J connectivity index is 2.17. The van der Waals surface area contributed by atoms with Crippen molar-refractivity contribution in [3.63, 3.8) is 0 Å². The Labute approximate surface area is 114 Å². The van der Waals surface area contributed by atoms with E-state index >= 15 is 0 Å². The number of halogens is 3. The molecule has 0 saturated heterocycles. The first-order valence-corrected chi connectivity index (χ1v) is 6.30. The average Bonchev–Trinajstić information content (AvgIpc) is 2.28. The molecule has 0 aliphatic heterocycles. The zero-order valence-electron chi connectivity index (χ0n) is 8.79. The highest BCUT2D eigenvalue weighted by Crippen LogP contribution is 2.31. The van der Waals surface area contributed by atoms with Gasteiger partial charge in [0.1, 0.15) is 0 Å². The van der Waals surface area contributed by atoms with Gasteiger partial charge in [-0.15, -0.1) is 0 Å². The minimum absolute atomic E-state index is 0.226. The van der Waals surface area contributed by atoms with Crippen LogP contribution in [-0.4, -0.2) is 19.9 Å². The van der Waals surface area contributed by atoms with Crippen LogP contribution in [0.5, 0.6) is 0 Å². The van der Waals surface area contributed by atoms with Crippen LogP contribution in [0.2, 0.25) is 0 Å². The smallest absolute Gasteiger partial charge is 0.272 e. The molecule has 17 heavy (non-hydrogen) atoms. The van der Waals surface area contributed by atoms with Crippen molar-refractivity contribution in [3.05, 3.63) is 23.5 Å². The third kappa shape index (κ3) is 3.00. The highest BCUT2D eigenvalue weighted by molar-refractivity contribution is 6.76. The summed E-state index contributed by atoms with van der Waals surface area (Å²) >= 11 is 16.5. The molecular weight excluding hydrogens is 284 g/mol. The second-order valence-corrected chi connectivity index (χ2v) is 6.14. The molecule has 1 N–H and O–H groups in total. The maximum Gasteiger partial charge on any atom is 0.272 e. The molecule has 1 aliphatic carbocycles. The molecule has 0 bridgehead atoms. The van der Waals surface area contributed by atoms with E-state index in [-0.39, 0.29) is 6.04 Å². The summed E-state index contributed by atoms with van der Waals surface area (Å²) in [5, 5.41) is 10.5. The minimum atomic E-state index is -1.94. The number of aromatic nitrogens is 2. The number of nitrogens with one attached hydrogen (secondary N) is 1. The molecule has 4 nitrogen and oxygen atoms in total. The summed E-state index contributed by atoms with van der Waals surface area (Å²) in [6.07, 6.45) is 4.31. The SMILES string of the molecule is O=C(NC1CCCc2ccnnc21)C(Cl)(Cl)Cl. The number of fused-ring (bicyclic) bond motifs is 1. The number of rotatable bonds is 1. The second-order valence-electron chi connectivity index (χ2n) is 3.86. The molecule has 1 aromatic rings. The Morgan fingerprint density at radius 1 is 1.47 bits per heavy atom. The minimum Gasteiger partial charge on any atom is -0.344 e. The molecule has 2 rings (SSSR count). The van der Waals surface area contributed by atoms with Crippen LogP contribution in [0.1, 0.15) is 30.1 Å². The summed E-state index contributed by atoms with van der Waals surface area (Å²) in [6, 6.07) is 1.67. The number of carbonyl (C=O) groups is 1. The largest absolute Gasteiger partial charge is 0.344 e. The van der Waals surface area contributed by atoms with Gasteiger partial charge in [0, 0.05) is 6.20 Å². The Morgan fingerprint density at radius 2 is 2.24 bits per heavy atom. The van der Waals surface area contributed by atoms with Crippen LogP contribution in [0.3, 0.4) is 0 Å². The highest BCUT2D eigenvalue weighted by Gasteiger charge is 2.34. The fraction of sp³-hybridized carbons (Fsp3) is 0.500. The molecule has 1 atom stereocenters. The number of alkyl halides is 3. The summed E-state index contributed by atoms with van der Waals surface area (Å²) in [7, 11) is 0. The normalized spacial score (nSPS) is 19.6. The number of carbonyl (C=O) groups excluding carboxylic acids is 1. The fourth-order valence-corrected chi connectivity index (χ4v) is 2.05. The van der Waals surface area contributed by atoms with Crippen molar-refractivity contribution in [2.75, 3.05) is 0 Å². The van der Waals surface area contributed by atoms with Gasteiger partial charge in [-0.2, -0.15) is 10.2 Å². The first kappa shape index (κ1) is 12.9. The lowest BCUT2D eigenvalue weighted by atomic mass is 9.92. The van der Waals surface area contributed by atoms with Gasteiger partial charge in [-0.05, 0) is 30.9 Å². The molecule has 1 unspecified atom stereocenters. The molecule has 1 heterocycles. The van der Waals surface area contributed by atoms with Crippen molar-refractivity contribution >= 4 is 40.7 Å². The van der Waals surface area contributed by atoms with Crippen LogP contribution >= 0.6 is 34.8 Å². The molecule has 1 aliphatic rings. The summed E-state index contributed by atoms with van der Waals surface area (Å²) in [4.78, 5) is 11.6. The first-order valence-electron chi connectivity index (χ1n) is 5.16. The van der Waals surface area contributed by atoms with Gasteiger partial charge < -0.3 is 5.32 Å². The van der Waals surface area contributed by atoms with E-state index in [4.69, 9.17) is 34.8 Å². The molecule has 0 saturated carbocycles. The molecule has 0 fully saturated rings. The number of hydrogen-bond acceptors (Lipinski definition) is 3. The van der Waals surface area contributed by atoms with Gasteiger partial charge >= 0.3 is 0 Å². The highest BCUT2D eigenvalue weighted by atomic mass is 35.6. The van der Waals surface area contributed by atoms with E-state index < -0.39 is 9.70 Å². The maximum absolute atomic E-state index is 11.6. The standard InChI is InChI=1S/C10H10Cl3N3O/c11-10(12,13)9(17)15-7-3-1-2-6-4-5-14-16-8(6)7/h4-5,7H,1-3H2,(H,15,17). The summed E-state index contributed by atoms with van der Waals surface area (Å²) in [5.41, 5.74) is 1.85. The predicted molar refractivity (Wildman–Crippen MR) is 66.1 cm³/mol. The Bertz CT molecular complexity index is 433.